The van der Waals surface area contributed by atoms with E-state index in [0.717, 1.165) is 29.4 Å². The predicted molar refractivity (Wildman–Crippen MR) is 104 cm³/mol. The first kappa shape index (κ1) is 18.3. The number of quaternary nitrogens is 1. The normalized spacial score (nSPS) is 26.0. The molecule has 2 saturated heterocycles. The summed E-state index contributed by atoms with van der Waals surface area (Å²) in [6, 6.07) is 12.3. The summed E-state index contributed by atoms with van der Waals surface area (Å²) >= 11 is 0. The van der Waals surface area contributed by atoms with Gasteiger partial charge in [-0.15, -0.1) is 5.10 Å². The highest BCUT2D eigenvalue weighted by Crippen LogP contribution is 2.35. The van der Waals surface area contributed by atoms with Gasteiger partial charge >= 0.3 is 0 Å². The molecule has 0 bridgehead atoms. The summed E-state index contributed by atoms with van der Waals surface area (Å²) in [5.74, 6) is 1.68. The molecule has 0 spiro atoms. The standard InChI is InChI=1S/C20H24N6O3/c1-25(2)14-7-5-13(6-8-14)20-22-23-24-26(20)17-12-29-18-16(11-28-19(17)18)21-10-15-4-3-9-27-15/h3-9,16-19,21H,10-12H2,1-2H3/p+1/t16-,17-,18+,19+/m0/s1. The summed E-state index contributed by atoms with van der Waals surface area (Å²) < 4.78 is 19.5. The molecule has 9 heteroatoms. The number of ether oxygens (including phenoxy) is 2. The molecular weight excluding hydrogens is 372 g/mol. The molecule has 0 amide bonds. The second kappa shape index (κ2) is 7.58. The highest BCUT2D eigenvalue weighted by atomic mass is 16.6. The van der Waals surface area contributed by atoms with Crippen LogP contribution in [0.2, 0.25) is 0 Å². The molecule has 0 saturated carbocycles. The summed E-state index contributed by atoms with van der Waals surface area (Å²) in [7, 11) is 4.04. The van der Waals surface area contributed by atoms with Crippen molar-refractivity contribution >= 4 is 5.69 Å². The molecule has 2 aliphatic rings. The van der Waals surface area contributed by atoms with Gasteiger partial charge in [0.1, 0.15) is 37.4 Å². The fourth-order valence-electron chi connectivity index (χ4n) is 4.13. The fraction of sp³-hybridized carbons (Fsp3) is 0.450. The summed E-state index contributed by atoms with van der Waals surface area (Å²) in [5, 5.41) is 14.7. The summed E-state index contributed by atoms with van der Waals surface area (Å²) in [4.78, 5) is 2.06. The Balaban J connectivity index is 1.31. The molecule has 3 aromatic rings. The monoisotopic (exact) mass is 397 g/mol. The van der Waals surface area contributed by atoms with Gasteiger partial charge in [-0.05, 0) is 46.8 Å². The van der Waals surface area contributed by atoms with Crippen LogP contribution in [-0.4, -0.2) is 65.8 Å². The van der Waals surface area contributed by atoms with Crippen molar-refractivity contribution in [2.45, 2.75) is 30.8 Å². The number of anilines is 1. The number of hydrogen-bond donors (Lipinski definition) is 1. The zero-order chi connectivity index (χ0) is 19.8. The molecule has 152 valence electrons. The first-order chi connectivity index (χ1) is 14.2. The SMILES string of the molecule is CN(C)c1ccc(-c2nnnn2[C@H]2CO[C@H]3[C@@H]2OC[C@@H]3[NH2+]Cc2ccco2)cc1. The average molecular weight is 397 g/mol. The number of tetrazole rings is 1. The van der Waals surface area contributed by atoms with Gasteiger partial charge in [0.2, 0.25) is 0 Å². The number of nitrogens with two attached hydrogens (primary N) is 1. The molecule has 4 heterocycles. The van der Waals surface area contributed by atoms with Crippen molar-refractivity contribution in [3.63, 3.8) is 0 Å². The number of aromatic nitrogens is 4. The molecule has 0 aliphatic carbocycles. The van der Waals surface area contributed by atoms with Crippen LogP contribution in [0.5, 0.6) is 0 Å². The van der Waals surface area contributed by atoms with E-state index in [1.807, 2.05) is 43.0 Å². The number of hydrogen-bond acceptors (Lipinski definition) is 7. The quantitative estimate of drug-likeness (QED) is 0.646. The molecular formula is C20H25N6O3+. The Morgan fingerprint density at radius 2 is 1.93 bits per heavy atom. The van der Waals surface area contributed by atoms with Crippen LogP contribution in [0.15, 0.2) is 47.1 Å². The second-order valence-corrected chi connectivity index (χ2v) is 7.73. The van der Waals surface area contributed by atoms with Crippen molar-refractivity contribution in [2.24, 2.45) is 0 Å². The molecule has 2 aromatic heterocycles. The van der Waals surface area contributed by atoms with E-state index in [0.29, 0.717) is 13.2 Å². The molecule has 29 heavy (non-hydrogen) atoms. The maximum atomic E-state index is 6.13. The second-order valence-electron chi connectivity index (χ2n) is 7.73. The van der Waals surface area contributed by atoms with Crippen LogP contribution in [0.25, 0.3) is 11.4 Å². The average Bonchev–Trinajstić information content (AvgIpc) is 3.51. The minimum absolute atomic E-state index is 0.0168. The van der Waals surface area contributed by atoms with E-state index in [9.17, 15) is 0 Å². The van der Waals surface area contributed by atoms with E-state index in [1.54, 1.807) is 6.26 Å². The molecule has 9 nitrogen and oxygen atoms in total. The number of furan rings is 1. The molecule has 2 N–H and O–H groups in total. The number of fused-ring (bicyclic) bond motifs is 1. The van der Waals surface area contributed by atoms with Crippen molar-refractivity contribution < 1.29 is 19.2 Å². The number of rotatable bonds is 6. The van der Waals surface area contributed by atoms with Crippen LogP contribution in [0.1, 0.15) is 11.8 Å². The van der Waals surface area contributed by atoms with E-state index in [-0.39, 0.29) is 24.3 Å². The number of nitrogens with zero attached hydrogens (tertiary/aromatic N) is 5. The third-order valence-electron chi connectivity index (χ3n) is 5.72. The van der Waals surface area contributed by atoms with Crippen LogP contribution in [0, 0.1) is 0 Å². The van der Waals surface area contributed by atoms with E-state index in [1.165, 1.54) is 0 Å². The van der Waals surface area contributed by atoms with Gasteiger partial charge in [0.05, 0.1) is 12.9 Å². The first-order valence-electron chi connectivity index (χ1n) is 9.85. The first-order valence-corrected chi connectivity index (χ1v) is 9.85. The Morgan fingerprint density at radius 3 is 2.69 bits per heavy atom. The van der Waals surface area contributed by atoms with Gasteiger partial charge in [-0.1, -0.05) is 0 Å². The van der Waals surface area contributed by atoms with Gasteiger partial charge in [-0.25, -0.2) is 4.68 Å². The van der Waals surface area contributed by atoms with Crippen LogP contribution >= 0.6 is 0 Å². The van der Waals surface area contributed by atoms with E-state index in [4.69, 9.17) is 13.9 Å². The third-order valence-corrected chi connectivity index (χ3v) is 5.72. The lowest BCUT2D eigenvalue weighted by Crippen LogP contribution is -2.91. The zero-order valence-electron chi connectivity index (χ0n) is 16.5. The highest BCUT2D eigenvalue weighted by molar-refractivity contribution is 5.60. The largest absolute Gasteiger partial charge is 0.463 e. The van der Waals surface area contributed by atoms with Crippen molar-refractivity contribution in [3.05, 3.63) is 48.4 Å². The summed E-state index contributed by atoms with van der Waals surface area (Å²) in [6.45, 7) is 1.95. The van der Waals surface area contributed by atoms with Crippen molar-refractivity contribution in [2.75, 3.05) is 32.2 Å². The minimum Gasteiger partial charge on any atom is -0.463 e. The van der Waals surface area contributed by atoms with Gasteiger partial charge in [-0.2, -0.15) is 0 Å². The molecule has 2 fully saturated rings. The van der Waals surface area contributed by atoms with Crippen LogP contribution in [0.4, 0.5) is 5.69 Å². The topological polar surface area (TPSA) is 95.1 Å². The Kier molecular flexibility index (Phi) is 4.78. The Hall–Kier alpha value is -2.75. The van der Waals surface area contributed by atoms with Crippen molar-refractivity contribution in [1.82, 2.24) is 20.2 Å². The van der Waals surface area contributed by atoms with Crippen LogP contribution < -0.4 is 10.2 Å². The zero-order valence-corrected chi connectivity index (χ0v) is 16.5. The maximum absolute atomic E-state index is 6.13. The van der Waals surface area contributed by atoms with Gasteiger partial charge in [0, 0.05) is 25.3 Å². The van der Waals surface area contributed by atoms with E-state index < -0.39 is 0 Å². The molecule has 0 unspecified atom stereocenters. The lowest BCUT2D eigenvalue weighted by atomic mass is 10.1. The number of benzene rings is 1. The van der Waals surface area contributed by atoms with Gasteiger partial charge in [0.15, 0.2) is 11.6 Å². The Morgan fingerprint density at radius 1 is 1.10 bits per heavy atom. The van der Waals surface area contributed by atoms with E-state index in [2.05, 4.69) is 37.9 Å². The van der Waals surface area contributed by atoms with Crippen LogP contribution in [0.3, 0.4) is 0 Å². The highest BCUT2D eigenvalue weighted by Gasteiger charge is 2.51. The lowest BCUT2D eigenvalue weighted by molar-refractivity contribution is -0.709. The van der Waals surface area contributed by atoms with Gasteiger partial charge in [-0.3, -0.25) is 0 Å². The predicted octanol–water partition coefficient (Wildman–Crippen LogP) is 0.470. The molecule has 4 atom stereocenters. The summed E-state index contributed by atoms with van der Waals surface area (Å²) in [5.41, 5.74) is 2.11. The molecule has 0 radical (unpaired) electrons. The van der Waals surface area contributed by atoms with E-state index >= 15 is 0 Å². The molecule has 5 rings (SSSR count). The van der Waals surface area contributed by atoms with Crippen LogP contribution in [-0.2, 0) is 16.0 Å². The molecule has 1 aromatic carbocycles. The summed E-state index contributed by atoms with van der Waals surface area (Å²) in [6.07, 6.45) is 1.66. The minimum atomic E-state index is -0.0591. The maximum Gasteiger partial charge on any atom is 0.182 e. The smallest absolute Gasteiger partial charge is 0.182 e. The van der Waals surface area contributed by atoms with Crippen molar-refractivity contribution in [1.29, 1.82) is 0 Å². The Labute approximate surface area is 168 Å². The Bertz CT molecular complexity index is 940. The van der Waals surface area contributed by atoms with Crippen molar-refractivity contribution in [3.8, 4) is 11.4 Å². The fourth-order valence-corrected chi connectivity index (χ4v) is 4.13. The molecule has 2 aliphatic heterocycles. The lowest BCUT2D eigenvalue weighted by Gasteiger charge is -2.17. The van der Waals surface area contributed by atoms with Gasteiger partial charge in [0.25, 0.3) is 0 Å². The third kappa shape index (κ3) is 3.41. The van der Waals surface area contributed by atoms with Gasteiger partial charge < -0.3 is 24.1 Å².